The fourth-order valence-electron chi connectivity index (χ4n) is 0.884. The Labute approximate surface area is 67.1 Å². The van der Waals surface area contributed by atoms with Crippen LogP contribution in [0.5, 0.6) is 0 Å². The molecule has 0 saturated carbocycles. The number of allylic oxidation sites excluding steroid dienone is 7. The monoisotopic (exact) mass is 147 g/mol. The van der Waals surface area contributed by atoms with Gasteiger partial charge in [-0.1, -0.05) is 36.0 Å². The quantitative estimate of drug-likeness (QED) is 0.517. The molecule has 0 bridgehead atoms. The van der Waals surface area contributed by atoms with E-state index in [1.807, 2.05) is 38.2 Å². The Kier molecular flexibility index (Phi) is 2.32. The van der Waals surface area contributed by atoms with Gasteiger partial charge in [0.15, 0.2) is 0 Å². The lowest BCUT2D eigenvalue weighted by atomic mass is 10.2. The van der Waals surface area contributed by atoms with Crippen LogP contribution in [-0.4, -0.2) is 0 Å². The van der Waals surface area contributed by atoms with Crippen molar-refractivity contribution in [1.29, 1.82) is 0 Å². The second-order valence-corrected chi connectivity index (χ2v) is 2.76. The fourth-order valence-corrected chi connectivity index (χ4v) is 0.884. The van der Waals surface area contributed by atoms with Crippen LogP contribution in [0.4, 0.5) is 0 Å². The summed E-state index contributed by atoms with van der Waals surface area (Å²) in [6.07, 6.45) is 9.02. The van der Waals surface area contributed by atoms with Gasteiger partial charge in [-0.05, 0) is 19.4 Å². The maximum atomic E-state index is 11.2. The fraction of sp³-hybridized carbons (Fsp3) is 0.200. The van der Waals surface area contributed by atoms with E-state index in [2.05, 4.69) is 0 Å². The molecule has 0 fully saturated rings. The van der Waals surface area contributed by atoms with Gasteiger partial charge in [-0.15, -0.1) is 5.76 Å². The molecule has 0 unspecified atom stereocenters. The van der Waals surface area contributed by atoms with Crippen molar-refractivity contribution in [2.45, 2.75) is 13.8 Å². The topological polar surface area (TPSA) is 23.1 Å². The third kappa shape index (κ3) is 2.11. The van der Waals surface area contributed by atoms with E-state index < -0.39 is 0 Å². The van der Waals surface area contributed by atoms with Gasteiger partial charge >= 0.3 is 0 Å². The first kappa shape index (κ1) is 7.86. The van der Waals surface area contributed by atoms with E-state index in [0.29, 0.717) is 0 Å². The normalized spacial score (nSPS) is 13.8. The molecule has 0 radical (unpaired) electrons. The minimum absolute atomic E-state index is 0.0926. The predicted molar refractivity (Wildman–Crippen MR) is 44.7 cm³/mol. The van der Waals surface area contributed by atoms with E-state index in [1.54, 1.807) is 6.08 Å². The van der Waals surface area contributed by atoms with Crippen LogP contribution in [0.1, 0.15) is 13.8 Å². The molecule has 1 rings (SSSR count). The van der Waals surface area contributed by atoms with Gasteiger partial charge in [0.1, 0.15) is 0 Å². The van der Waals surface area contributed by atoms with Crippen LogP contribution in [0.25, 0.3) is 0 Å². The van der Waals surface area contributed by atoms with Crippen molar-refractivity contribution < 1.29 is 5.11 Å². The Hall–Kier alpha value is -1.24. The van der Waals surface area contributed by atoms with Gasteiger partial charge < -0.3 is 5.11 Å². The van der Waals surface area contributed by atoms with Crippen molar-refractivity contribution in [3.63, 3.8) is 0 Å². The molecule has 0 aromatic heterocycles. The van der Waals surface area contributed by atoms with Crippen LogP contribution in [-0.2, 0) is 0 Å². The summed E-state index contributed by atoms with van der Waals surface area (Å²) in [5.41, 5.74) is 1.81. The number of hydrogen-bond acceptors (Lipinski definition) is 1. The van der Waals surface area contributed by atoms with Gasteiger partial charge in [0.2, 0.25) is 0 Å². The van der Waals surface area contributed by atoms with Crippen molar-refractivity contribution >= 4 is 0 Å². The zero-order chi connectivity index (χ0) is 8.27. The van der Waals surface area contributed by atoms with E-state index in [4.69, 9.17) is 0 Å². The highest BCUT2D eigenvalue weighted by atomic mass is 16.3. The van der Waals surface area contributed by atoms with E-state index >= 15 is 0 Å². The van der Waals surface area contributed by atoms with E-state index in [-0.39, 0.29) is 5.76 Å². The highest BCUT2D eigenvalue weighted by Crippen LogP contribution is 2.11. The van der Waals surface area contributed by atoms with Crippen LogP contribution in [0.2, 0.25) is 0 Å². The zero-order valence-electron chi connectivity index (χ0n) is 6.79. The molecule has 0 aliphatic heterocycles. The summed E-state index contributed by atoms with van der Waals surface area (Å²) >= 11 is 0. The highest BCUT2D eigenvalue weighted by molar-refractivity contribution is 5.44. The SMILES string of the molecule is CC(C)=CC([O-])=C1C=CC=C1. The zero-order valence-corrected chi connectivity index (χ0v) is 6.79. The molecular weight excluding hydrogens is 136 g/mol. The lowest BCUT2D eigenvalue weighted by Crippen LogP contribution is -2.02. The summed E-state index contributed by atoms with van der Waals surface area (Å²) < 4.78 is 0. The molecule has 1 aliphatic carbocycles. The lowest BCUT2D eigenvalue weighted by molar-refractivity contribution is -0.295. The van der Waals surface area contributed by atoms with Crippen LogP contribution < -0.4 is 5.11 Å². The Balaban J connectivity index is 2.89. The van der Waals surface area contributed by atoms with E-state index in [9.17, 15) is 5.11 Å². The molecule has 0 aromatic carbocycles. The van der Waals surface area contributed by atoms with E-state index in [0.717, 1.165) is 11.1 Å². The van der Waals surface area contributed by atoms with Crippen LogP contribution in [0, 0.1) is 0 Å². The van der Waals surface area contributed by atoms with Crippen LogP contribution in [0.15, 0.2) is 47.3 Å². The maximum absolute atomic E-state index is 11.2. The van der Waals surface area contributed by atoms with Gasteiger partial charge in [0.25, 0.3) is 0 Å². The Morgan fingerprint density at radius 1 is 1.27 bits per heavy atom. The second kappa shape index (κ2) is 3.24. The molecule has 0 amide bonds. The minimum Gasteiger partial charge on any atom is -0.872 e. The summed E-state index contributed by atoms with van der Waals surface area (Å²) in [7, 11) is 0. The molecule has 0 atom stereocenters. The third-order valence-electron chi connectivity index (χ3n) is 1.37. The second-order valence-electron chi connectivity index (χ2n) is 2.76. The first-order valence-corrected chi connectivity index (χ1v) is 3.61. The largest absolute Gasteiger partial charge is 0.872 e. The van der Waals surface area contributed by atoms with Crippen molar-refractivity contribution in [3.8, 4) is 0 Å². The lowest BCUT2D eigenvalue weighted by Gasteiger charge is -2.09. The average Bonchev–Trinajstić information content (AvgIpc) is 2.35. The Morgan fingerprint density at radius 3 is 2.27 bits per heavy atom. The molecule has 1 aliphatic rings. The molecule has 1 nitrogen and oxygen atoms in total. The summed E-state index contributed by atoms with van der Waals surface area (Å²) in [4.78, 5) is 0. The Bertz CT molecular complexity index is 247. The molecule has 1 heteroatoms. The van der Waals surface area contributed by atoms with Gasteiger partial charge in [-0.3, -0.25) is 0 Å². The summed E-state index contributed by atoms with van der Waals surface area (Å²) in [6.45, 7) is 3.84. The van der Waals surface area contributed by atoms with Crippen molar-refractivity contribution in [3.05, 3.63) is 47.3 Å². The first-order chi connectivity index (χ1) is 5.20. The third-order valence-corrected chi connectivity index (χ3v) is 1.37. The number of hydrogen-bond donors (Lipinski definition) is 0. The molecule has 58 valence electrons. The van der Waals surface area contributed by atoms with E-state index in [1.165, 1.54) is 0 Å². The maximum Gasteiger partial charge on any atom is -0.0336 e. The van der Waals surface area contributed by atoms with Gasteiger partial charge in [-0.25, -0.2) is 0 Å². The first-order valence-electron chi connectivity index (χ1n) is 3.61. The van der Waals surface area contributed by atoms with Crippen LogP contribution in [0.3, 0.4) is 0 Å². The minimum atomic E-state index is 0.0926. The summed E-state index contributed by atoms with van der Waals surface area (Å²) in [5, 5.41) is 11.2. The molecular formula is C10H11O-. The molecule has 0 aromatic rings. The smallest absolute Gasteiger partial charge is 0.0336 e. The van der Waals surface area contributed by atoms with Gasteiger partial charge in [-0.2, -0.15) is 0 Å². The summed E-state index contributed by atoms with van der Waals surface area (Å²) in [6, 6.07) is 0. The van der Waals surface area contributed by atoms with Gasteiger partial charge in [0, 0.05) is 0 Å². The predicted octanol–water partition coefficient (Wildman–Crippen LogP) is 1.69. The molecule has 11 heavy (non-hydrogen) atoms. The highest BCUT2D eigenvalue weighted by Gasteiger charge is 1.90. The molecule has 0 spiro atoms. The van der Waals surface area contributed by atoms with Crippen molar-refractivity contribution in [1.82, 2.24) is 0 Å². The van der Waals surface area contributed by atoms with Crippen molar-refractivity contribution in [2.75, 3.05) is 0 Å². The van der Waals surface area contributed by atoms with Crippen molar-refractivity contribution in [2.24, 2.45) is 0 Å². The Morgan fingerprint density at radius 2 is 1.82 bits per heavy atom. The standard InChI is InChI=1S/C10H12O/c1-8(2)7-10(11)9-5-3-4-6-9/h3-7,11H,1-2H3/p-1. The number of rotatable bonds is 1. The molecule has 0 saturated heterocycles. The van der Waals surface area contributed by atoms with Gasteiger partial charge in [0.05, 0.1) is 0 Å². The molecule has 0 heterocycles. The van der Waals surface area contributed by atoms with Crippen LogP contribution >= 0.6 is 0 Å². The summed E-state index contributed by atoms with van der Waals surface area (Å²) in [5.74, 6) is 0.0926. The molecule has 0 N–H and O–H groups in total. The average molecular weight is 147 g/mol.